The molecular weight excluding hydrogens is 250 g/mol. The Morgan fingerprint density at radius 3 is 2.68 bits per heavy atom. The third kappa shape index (κ3) is 2.49. The van der Waals surface area contributed by atoms with Gasteiger partial charge in [-0.2, -0.15) is 0 Å². The topological polar surface area (TPSA) is 105 Å². The minimum absolute atomic E-state index is 0.0397. The fraction of sp³-hybridized carbons (Fsp3) is 0.500. The van der Waals surface area contributed by atoms with E-state index in [1.807, 2.05) is 0 Å². The van der Waals surface area contributed by atoms with Gasteiger partial charge in [0.25, 0.3) is 5.69 Å². The van der Waals surface area contributed by atoms with Crippen LogP contribution >= 0.6 is 0 Å². The smallest absolute Gasteiger partial charge is 0.311 e. The molecule has 102 valence electrons. The molecule has 0 spiro atoms. The maximum absolute atomic E-state index is 11.2. The van der Waals surface area contributed by atoms with E-state index in [-0.39, 0.29) is 5.69 Å². The first-order chi connectivity index (χ1) is 8.94. The van der Waals surface area contributed by atoms with Gasteiger partial charge in [0.1, 0.15) is 11.5 Å². The van der Waals surface area contributed by atoms with Crippen molar-refractivity contribution in [2.75, 3.05) is 11.9 Å². The monoisotopic (exact) mass is 265 g/mol. The first-order valence-electron chi connectivity index (χ1n) is 6.04. The summed E-state index contributed by atoms with van der Waals surface area (Å²) in [7, 11) is 0. The zero-order chi connectivity index (χ0) is 14.0. The van der Waals surface area contributed by atoms with Gasteiger partial charge >= 0.3 is 5.97 Å². The van der Waals surface area contributed by atoms with Crippen LogP contribution in [0.2, 0.25) is 0 Å². The van der Waals surface area contributed by atoms with Gasteiger partial charge in [0.05, 0.1) is 10.3 Å². The number of carbonyl (C=O) groups is 1. The molecular formula is C12H15N3O4. The standard InChI is InChI=1S/C12H15N3O4/c1-8-9(15(18)19)3-4-10(14-8)13-7-12(11(16)17)5-2-6-12/h3-4H,2,5-7H2,1H3,(H,13,14)(H,16,17). The van der Waals surface area contributed by atoms with Crippen molar-refractivity contribution >= 4 is 17.5 Å². The number of carboxylic acids is 1. The van der Waals surface area contributed by atoms with Crippen molar-refractivity contribution < 1.29 is 14.8 Å². The minimum Gasteiger partial charge on any atom is -0.481 e. The van der Waals surface area contributed by atoms with Gasteiger partial charge in [0.2, 0.25) is 0 Å². The summed E-state index contributed by atoms with van der Waals surface area (Å²) in [6.07, 6.45) is 2.23. The molecule has 0 amide bonds. The third-order valence-corrected chi connectivity index (χ3v) is 3.63. The van der Waals surface area contributed by atoms with E-state index < -0.39 is 16.3 Å². The van der Waals surface area contributed by atoms with E-state index in [9.17, 15) is 20.0 Å². The Kier molecular flexibility index (Phi) is 3.37. The van der Waals surface area contributed by atoms with Crippen LogP contribution in [0.15, 0.2) is 12.1 Å². The van der Waals surface area contributed by atoms with Crippen LogP contribution in [0.5, 0.6) is 0 Å². The Bertz CT molecular complexity index is 526. The van der Waals surface area contributed by atoms with Crippen molar-refractivity contribution in [3.63, 3.8) is 0 Å². The second-order valence-corrected chi connectivity index (χ2v) is 4.85. The lowest BCUT2D eigenvalue weighted by Crippen LogP contribution is -2.43. The highest BCUT2D eigenvalue weighted by atomic mass is 16.6. The second-order valence-electron chi connectivity index (χ2n) is 4.85. The third-order valence-electron chi connectivity index (χ3n) is 3.63. The summed E-state index contributed by atoms with van der Waals surface area (Å²) >= 11 is 0. The lowest BCUT2D eigenvalue weighted by Gasteiger charge is -2.37. The van der Waals surface area contributed by atoms with Gasteiger partial charge < -0.3 is 10.4 Å². The van der Waals surface area contributed by atoms with Crippen LogP contribution in [0.4, 0.5) is 11.5 Å². The maximum Gasteiger partial charge on any atom is 0.311 e. The molecule has 1 fully saturated rings. The molecule has 2 rings (SSSR count). The van der Waals surface area contributed by atoms with Crippen LogP contribution in [0.1, 0.15) is 25.0 Å². The first kappa shape index (κ1) is 13.3. The Hall–Kier alpha value is -2.18. The predicted molar refractivity (Wildman–Crippen MR) is 68.0 cm³/mol. The normalized spacial score (nSPS) is 16.5. The van der Waals surface area contributed by atoms with Crippen LogP contribution in [-0.4, -0.2) is 27.5 Å². The van der Waals surface area contributed by atoms with Crippen LogP contribution in [0, 0.1) is 22.5 Å². The van der Waals surface area contributed by atoms with Crippen molar-refractivity contribution in [2.24, 2.45) is 5.41 Å². The van der Waals surface area contributed by atoms with Gasteiger partial charge in [0, 0.05) is 12.6 Å². The van der Waals surface area contributed by atoms with Gasteiger partial charge in [-0.1, -0.05) is 6.42 Å². The second kappa shape index (κ2) is 4.83. The van der Waals surface area contributed by atoms with Crippen LogP contribution in [0.3, 0.4) is 0 Å². The average Bonchev–Trinajstić information content (AvgIpc) is 2.26. The number of carboxylic acid groups (broad SMARTS) is 1. The van der Waals surface area contributed by atoms with Crippen molar-refractivity contribution in [1.82, 2.24) is 4.98 Å². The number of nitrogens with one attached hydrogen (secondary N) is 1. The quantitative estimate of drug-likeness (QED) is 0.622. The number of anilines is 1. The van der Waals surface area contributed by atoms with Crippen LogP contribution < -0.4 is 5.32 Å². The molecule has 1 aliphatic carbocycles. The molecule has 0 unspecified atom stereocenters. The summed E-state index contributed by atoms with van der Waals surface area (Å²) in [5.41, 5.74) is -0.438. The van der Waals surface area contributed by atoms with Crippen molar-refractivity contribution in [1.29, 1.82) is 0 Å². The first-order valence-corrected chi connectivity index (χ1v) is 6.04. The molecule has 1 aliphatic rings. The van der Waals surface area contributed by atoms with E-state index in [1.54, 1.807) is 6.92 Å². The van der Waals surface area contributed by atoms with E-state index in [0.29, 0.717) is 30.9 Å². The van der Waals surface area contributed by atoms with Gasteiger partial charge in [-0.05, 0) is 25.8 Å². The SMILES string of the molecule is Cc1nc(NCC2(C(=O)O)CCC2)ccc1[N+](=O)[O-]. The molecule has 1 aromatic heterocycles. The molecule has 0 radical (unpaired) electrons. The fourth-order valence-electron chi connectivity index (χ4n) is 2.17. The molecule has 1 heterocycles. The number of rotatable bonds is 5. The molecule has 0 bridgehead atoms. The van der Waals surface area contributed by atoms with Crippen molar-refractivity contribution in [3.05, 3.63) is 27.9 Å². The summed E-state index contributed by atoms with van der Waals surface area (Å²) in [5, 5.41) is 22.8. The number of hydrogen-bond donors (Lipinski definition) is 2. The fourth-order valence-corrected chi connectivity index (χ4v) is 2.17. The van der Waals surface area contributed by atoms with Crippen molar-refractivity contribution in [3.8, 4) is 0 Å². The average molecular weight is 265 g/mol. The number of pyridine rings is 1. The van der Waals surface area contributed by atoms with Crippen LogP contribution in [0.25, 0.3) is 0 Å². The predicted octanol–water partition coefficient (Wildman–Crippen LogP) is 1.97. The number of aryl methyl sites for hydroxylation is 1. The number of nitro groups is 1. The highest BCUT2D eigenvalue weighted by Crippen LogP contribution is 2.41. The molecule has 7 heteroatoms. The summed E-state index contributed by atoms with van der Waals surface area (Å²) < 4.78 is 0. The van der Waals surface area contributed by atoms with E-state index in [4.69, 9.17) is 0 Å². The molecule has 19 heavy (non-hydrogen) atoms. The summed E-state index contributed by atoms with van der Waals surface area (Å²) in [4.78, 5) is 25.4. The van der Waals surface area contributed by atoms with Gasteiger partial charge in [-0.15, -0.1) is 0 Å². The highest BCUT2D eigenvalue weighted by molar-refractivity contribution is 5.76. The molecule has 7 nitrogen and oxygen atoms in total. The Balaban J connectivity index is 2.06. The Morgan fingerprint density at radius 2 is 2.26 bits per heavy atom. The molecule has 1 saturated carbocycles. The van der Waals surface area contributed by atoms with Crippen molar-refractivity contribution in [2.45, 2.75) is 26.2 Å². The van der Waals surface area contributed by atoms with Crippen LogP contribution in [-0.2, 0) is 4.79 Å². The molecule has 0 saturated heterocycles. The molecule has 0 aromatic carbocycles. The van der Waals surface area contributed by atoms with Gasteiger partial charge in [-0.3, -0.25) is 14.9 Å². The Labute approximate surface area is 109 Å². The number of aromatic nitrogens is 1. The minimum atomic E-state index is -0.801. The molecule has 2 N–H and O–H groups in total. The summed E-state index contributed by atoms with van der Waals surface area (Å²) in [5.74, 6) is -0.333. The molecule has 1 aromatic rings. The summed E-state index contributed by atoms with van der Waals surface area (Å²) in [6.45, 7) is 1.85. The van der Waals surface area contributed by atoms with E-state index >= 15 is 0 Å². The van der Waals surface area contributed by atoms with E-state index in [1.165, 1.54) is 12.1 Å². The Morgan fingerprint density at radius 1 is 1.58 bits per heavy atom. The zero-order valence-electron chi connectivity index (χ0n) is 10.5. The molecule has 0 aliphatic heterocycles. The number of nitrogens with zero attached hydrogens (tertiary/aromatic N) is 2. The number of hydrogen-bond acceptors (Lipinski definition) is 5. The lowest BCUT2D eigenvalue weighted by atomic mass is 9.69. The molecule has 0 atom stereocenters. The largest absolute Gasteiger partial charge is 0.481 e. The zero-order valence-corrected chi connectivity index (χ0v) is 10.5. The number of aliphatic carboxylic acids is 1. The van der Waals surface area contributed by atoms with Gasteiger partial charge in [-0.25, -0.2) is 4.98 Å². The maximum atomic E-state index is 11.2. The van der Waals surface area contributed by atoms with E-state index in [2.05, 4.69) is 10.3 Å². The summed E-state index contributed by atoms with van der Waals surface area (Å²) in [6, 6.07) is 2.87. The highest BCUT2D eigenvalue weighted by Gasteiger charge is 2.44. The lowest BCUT2D eigenvalue weighted by molar-refractivity contribution is -0.385. The van der Waals surface area contributed by atoms with Gasteiger partial charge in [0.15, 0.2) is 0 Å². The van der Waals surface area contributed by atoms with E-state index in [0.717, 1.165) is 6.42 Å².